The summed E-state index contributed by atoms with van der Waals surface area (Å²) >= 11 is 1.75. The second-order valence-electron chi connectivity index (χ2n) is 10.0. The molecule has 2 amide bonds. The fourth-order valence-electron chi connectivity index (χ4n) is 5.54. The molecular formula is C30H34FN3O3S. The average Bonchev–Trinajstić information content (AvgIpc) is 3.41. The van der Waals surface area contributed by atoms with Gasteiger partial charge in [-0.05, 0) is 53.6 Å². The summed E-state index contributed by atoms with van der Waals surface area (Å²) in [4.78, 5) is 33.3. The smallest absolute Gasteiger partial charge is 0.248 e. The molecule has 1 aromatic heterocycles. The minimum absolute atomic E-state index is 0.0359. The van der Waals surface area contributed by atoms with E-state index in [1.165, 1.54) is 16.5 Å². The summed E-state index contributed by atoms with van der Waals surface area (Å²) < 4.78 is 19.7. The molecule has 3 aromatic rings. The zero-order valence-electron chi connectivity index (χ0n) is 21.7. The highest BCUT2D eigenvalue weighted by Crippen LogP contribution is 2.38. The minimum Gasteiger partial charge on any atom is -0.367 e. The van der Waals surface area contributed by atoms with E-state index in [-0.39, 0.29) is 36.3 Å². The number of thiophene rings is 1. The van der Waals surface area contributed by atoms with Crippen molar-refractivity contribution in [2.45, 2.75) is 38.5 Å². The first kappa shape index (κ1) is 26.5. The number of hydrogen-bond acceptors (Lipinski definition) is 5. The van der Waals surface area contributed by atoms with Crippen LogP contribution in [0.3, 0.4) is 0 Å². The normalized spacial score (nSPS) is 19.8. The van der Waals surface area contributed by atoms with Gasteiger partial charge in [0.2, 0.25) is 11.8 Å². The van der Waals surface area contributed by atoms with Crippen LogP contribution in [0.5, 0.6) is 0 Å². The number of amides is 2. The van der Waals surface area contributed by atoms with E-state index >= 15 is 0 Å². The quantitative estimate of drug-likeness (QED) is 0.426. The Hall–Kier alpha value is -3.07. The molecule has 8 heteroatoms. The van der Waals surface area contributed by atoms with Crippen molar-refractivity contribution in [1.82, 2.24) is 14.7 Å². The molecule has 5 rings (SSSR count). The number of nitrogens with zero attached hydrogens (tertiary/aromatic N) is 3. The van der Waals surface area contributed by atoms with Gasteiger partial charge in [-0.3, -0.25) is 14.5 Å². The first-order valence-corrected chi connectivity index (χ1v) is 14.1. The van der Waals surface area contributed by atoms with Crippen LogP contribution in [0.4, 0.5) is 4.39 Å². The number of benzene rings is 2. The third-order valence-corrected chi connectivity index (χ3v) is 8.48. The summed E-state index contributed by atoms with van der Waals surface area (Å²) in [6, 6.07) is 18.6. The van der Waals surface area contributed by atoms with Crippen molar-refractivity contribution < 1.29 is 18.7 Å². The molecule has 0 spiro atoms. The predicted molar refractivity (Wildman–Crippen MR) is 146 cm³/mol. The molecule has 0 unspecified atom stereocenters. The molecule has 3 heterocycles. The van der Waals surface area contributed by atoms with Crippen LogP contribution in [0.1, 0.15) is 41.0 Å². The molecular weight excluding hydrogens is 501 g/mol. The topological polar surface area (TPSA) is 53.1 Å². The monoisotopic (exact) mass is 535 g/mol. The molecule has 38 heavy (non-hydrogen) atoms. The molecule has 6 nitrogen and oxygen atoms in total. The van der Waals surface area contributed by atoms with Crippen molar-refractivity contribution in [3.63, 3.8) is 0 Å². The average molecular weight is 536 g/mol. The summed E-state index contributed by atoms with van der Waals surface area (Å²) in [5.41, 5.74) is 3.17. The largest absolute Gasteiger partial charge is 0.367 e. The lowest BCUT2D eigenvalue weighted by Gasteiger charge is -2.40. The maximum atomic E-state index is 14.1. The van der Waals surface area contributed by atoms with Crippen molar-refractivity contribution >= 4 is 23.2 Å². The van der Waals surface area contributed by atoms with E-state index in [4.69, 9.17) is 4.74 Å². The van der Waals surface area contributed by atoms with Gasteiger partial charge >= 0.3 is 0 Å². The number of hydrogen-bond donors (Lipinski definition) is 0. The van der Waals surface area contributed by atoms with Crippen LogP contribution in [0.15, 0.2) is 66.0 Å². The molecule has 2 atom stereocenters. The van der Waals surface area contributed by atoms with Gasteiger partial charge in [-0.25, -0.2) is 4.39 Å². The number of piperazine rings is 1. The van der Waals surface area contributed by atoms with Crippen LogP contribution in [0, 0.1) is 5.82 Å². The van der Waals surface area contributed by atoms with Gasteiger partial charge in [-0.15, -0.1) is 11.3 Å². The number of rotatable bonds is 8. The summed E-state index contributed by atoms with van der Waals surface area (Å²) in [7, 11) is 0. The Morgan fingerprint density at radius 3 is 2.66 bits per heavy atom. The molecule has 0 saturated carbocycles. The number of carbonyl (C=O) groups excluding carboxylic acids is 2. The van der Waals surface area contributed by atoms with Gasteiger partial charge in [0, 0.05) is 50.1 Å². The maximum absolute atomic E-state index is 14.1. The van der Waals surface area contributed by atoms with Gasteiger partial charge in [0.25, 0.3) is 0 Å². The van der Waals surface area contributed by atoms with E-state index < -0.39 is 0 Å². The van der Waals surface area contributed by atoms with E-state index in [1.807, 2.05) is 53.1 Å². The van der Waals surface area contributed by atoms with Gasteiger partial charge in [0.1, 0.15) is 12.4 Å². The zero-order valence-corrected chi connectivity index (χ0v) is 22.5. The summed E-state index contributed by atoms with van der Waals surface area (Å²) in [6.07, 6.45) is 1.34. The van der Waals surface area contributed by atoms with Crippen LogP contribution in [0.25, 0.3) is 0 Å². The van der Waals surface area contributed by atoms with Crippen molar-refractivity contribution in [3.05, 3.63) is 93.4 Å². The first-order chi connectivity index (χ1) is 18.5. The van der Waals surface area contributed by atoms with Crippen molar-refractivity contribution in [1.29, 1.82) is 0 Å². The van der Waals surface area contributed by atoms with Crippen LogP contribution in [-0.2, 0) is 27.4 Å². The lowest BCUT2D eigenvalue weighted by Crippen LogP contribution is -2.56. The van der Waals surface area contributed by atoms with Crippen molar-refractivity contribution in [2.24, 2.45) is 0 Å². The Balaban J connectivity index is 1.13. The number of carbonyl (C=O) groups is 2. The first-order valence-electron chi connectivity index (χ1n) is 13.2. The zero-order chi connectivity index (χ0) is 26.5. The van der Waals surface area contributed by atoms with Gasteiger partial charge in [0.05, 0.1) is 12.6 Å². The van der Waals surface area contributed by atoms with E-state index in [2.05, 4.69) is 16.3 Å². The molecule has 2 aliphatic rings. The third-order valence-electron chi connectivity index (χ3n) is 7.48. The van der Waals surface area contributed by atoms with E-state index in [9.17, 15) is 14.0 Å². The molecule has 0 radical (unpaired) electrons. The van der Waals surface area contributed by atoms with E-state index in [0.717, 1.165) is 24.1 Å². The second kappa shape index (κ2) is 12.2. The Morgan fingerprint density at radius 2 is 1.87 bits per heavy atom. The van der Waals surface area contributed by atoms with Gasteiger partial charge in [-0.1, -0.05) is 42.5 Å². The number of ether oxygens (including phenoxy) is 1. The predicted octanol–water partition coefficient (Wildman–Crippen LogP) is 4.50. The highest BCUT2D eigenvalue weighted by molar-refractivity contribution is 7.10. The standard InChI is InChI=1S/C30H34FN3O3S/c1-22-19-33(15-16-34(22)29(36)21-37-20-23-6-3-2-4-7-23)28(35)11-14-32-13-10-27-26(12-17-38-27)30(32)24-8-5-9-25(31)18-24/h2-9,12,17-18,22,30H,10-11,13-16,19-21H2,1H3/t22-,30-/m1/s1. The minimum atomic E-state index is -0.243. The SMILES string of the molecule is C[C@@H]1CN(C(=O)CCN2CCc3sccc3[C@H]2c2cccc(F)c2)CCN1C(=O)COCc1ccccc1. The van der Waals surface area contributed by atoms with Crippen LogP contribution in [-0.4, -0.2) is 71.9 Å². The Kier molecular flexibility index (Phi) is 8.51. The number of fused-ring (bicyclic) bond motifs is 1. The fourth-order valence-corrected chi connectivity index (χ4v) is 6.45. The highest BCUT2D eigenvalue weighted by atomic mass is 32.1. The molecule has 0 bridgehead atoms. The Labute approximate surface area is 227 Å². The van der Waals surface area contributed by atoms with Gasteiger partial charge in [-0.2, -0.15) is 0 Å². The highest BCUT2D eigenvalue weighted by Gasteiger charge is 2.32. The third kappa shape index (κ3) is 6.14. The number of halogens is 1. The molecule has 0 N–H and O–H groups in total. The van der Waals surface area contributed by atoms with Crippen LogP contribution < -0.4 is 0 Å². The molecule has 200 valence electrons. The lowest BCUT2D eigenvalue weighted by atomic mass is 9.93. The molecule has 1 saturated heterocycles. The molecule has 2 aliphatic heterocycles. The fraction of sp³-hybridized carbons (Fsp3) is 0.400. The molecule has 1 fully saturated rings. The van der Waals surface area contributed by atoms with E-state index in [1.54, 1.807) is 23.5 Å². The van der Waals surface area contributed by atoms with Crippen LogP contribution >= 0.6 is 11.3 Å². The lowest BCUT2D eigenvalue weighted by molar-refractivity contribution is -0.146. The Morgan fingerprint density at radius 1 is 1.03 bits per heavy atom. The van der Waals surface area contributed by atoms with Crippen LogP contribution in [0.2, 0.25) is 0 Å². The van der Waals surface area contributed by atoms with E-state index in [0.29, 0.717) is 39.2 Å². The Bertz CT molecular complexity index is 1250. The van der Waals surface area contributed by atoms with Gasteiger partial charge < -0.3 is 14.5 Å². The second-order valence-corrected chi connectivity index (χ2v) is 11.0. The molecule has 2 aromatic carbocycles. The van der Waals surface area contributed by atoms with Crippen molar-refractivity contribution in [3.8, 4) is 0 Å². The van der Waals surface area contributed by atoms with Crippen molar-refractivity contribution in [2.75, 3.05) is 39.3 Å². The van der Waals surface area contributed by atoms with Gasteiger partial charge in [0.15, 0.2) is 0 Å². The summed E-state index contributed by atoms with van der Waals surface area (Å²) in [5.74, 6) is -0.190. The summed E-state index contributed by atoms with van der Waals surface area (Å²) in [5, 5.41) is 2.10. The maximum Gasteiger partial charge on any atom is 0.248 e. The molecule has 0 aliphatic carbocycles. The summed E-state index contributed by atoms with van der Waals surface area (Å²) in [6.45, 7) is 5.42.